The number of aromatic nitrogens is 1. The summed E-state index contributed by atoms with van der Waals surface area (Å²) >= 11 is 1.59. The van der Waals surface area contributed by atoms with Crippen LogP contribution in [-0.4, -0.2) is 41.0 Å². The van der Waals surface area contributed by atoms with Gasteiger partial charge in [0.2, 0.25) is 0 Å². The minimum atomic E-state index is -0.458. The molecule has 126 valence electrons. The van der Waals surface area contributed by atoms with Gasteiger partial charge < -0.3 is 16.0 Å². The molecule has 3 N–H and O–H groups in total. The maximum absolute atomic E-state index is 12.8. The molecule has 0 saturated carbocycles. The maximum atomic E-state index is 12.8. The van der Waals surface area contributed by atoms with Crippen LogP contribution in [0.15, 0.2) is 47.8 Å². The Balaban J connectivity index is 1.66. The van der Waals surface area contributed by atoms with Crippen LogP contribution in [-0.2, 0) is 0 Å². The molecular formula is C18H16N4O2S. The van der Waals surface area contributed by atoms with E-state index < -0.39 is 6.03 Å². The number of nitrogens with two attached hydrogens (primary N) is 1. The van der Waals surface area contributed by atoms with Crippen LogP contribution < -0.4 is 11.1 Å². The van der Waals surface area contributed by atoms with Gasteiger partial charge >= 0.3 is 6.03 Å². The lowest BCUT2D eigenvalue weighted by molar-refractivity contribution is 0.0863. The first-order chi connectivity index (χ1) is 12.1. The molecule has 2 aromatic heterocycles. The van der Waals surface area contributed by atoms with Gasteiger partial charge in [-0.15, -0.1) is 11.3 Å². The van der Waals surface area contributed by atoms with Crippen LogP contribution in [0.1, 0.15) is 10.4 Å². The van der Waals surface area contributed by atoms with E-state index >= 15 is 0 Å². The summed E-state index contributed by atoms with van der Waals surface area (Å²) in [5, 5.41) is 5.77. The number of nitrogens with zero attached hydrogens (tertiary/aromatic N) is 2. The van der Waals surface area contributed by atoms with Crippen molar-refractivity contribution in [3.63, 3.8) is 0 Å². The molecule has 4 rings (SSSR count). The summed E-state index contributed by atoms with van der Waals surface area (Å²) in [5.41, 5.74) is 7.37. The minimum absolute atomic E-state index is 0.0721. The van der Waals surface area contributed by atoms with Crippen molar-refractivity contribution in [2.75, 3.05) is 13.1 Å². The molecule has 0 unspecified atom stereocenters. The van der Waals surface area contributed by atoms with Crippen molar-refractivity contribution in [3.8, 4) is 10.6 Å². The van der Waals surface area contributed by atoms with E-state index in [4.69, 9.17) is 5.73 Å². The van der Waals surface area contributed by atoms with Gasteiger partial charge in [0.25, 0.3) is 5.91 Å². The number of hydrogen-bond donors (Lipinski definition) is 2. The van der Waals surface area contributed by atoms with E-state index in [0.29, 0.717) is 18.7 Å². The van der Waals surface area contributed by atoms with Gasteiger partial charge in [0, 0.05) is 18.5 Å². The number of nitrogens with one attached hydrogen (secondary N) is 1. The molecule has 0 aliphatic carbocycles. The Hall–Kier alpha value is -2.93. The standard InChI is InChI=1S/C18H16N4O2S/c19-18(24)22-9-11(10-22)20-17(23)13-8-15(16-6-3-7-25-16)21-14-5-2-1-4-12(13)14/h1-8,11H,9-10H2,(H2,19,24)(H,20,23). The SMILES string of the molecule is NC(=O)N1CC(NC(=O)c2cc(-c3cccs3)nc3ccccc23)C1. The van der Waals surface area contributed by atoms with E-state index in [0.717, 1.165) is 21.5 Å². The Bertz CT molecular complexity index is 949. The highest BCUT2D eigenvalue weighted by Gasteiger charge is 2.31. The van der Waals surface area contributed by atoms with Crippen molar-refractivity contribution in [1.82, 2.24) is 15.2 Å². The number of amides is 3. The molecule has 3 amide bonds. The quantitative estimate of drug-likeness (QED) is 0.759. The van der Waals surface area contributed by atoms with Gasteiger partial charge in [-0.25, -0.2) is 9.78 Å². The Morgan fingerprint density at radius 2 is 2.00 bits per heavy atom. The Labute approximate surface area is 148 Å². The minimum Gasteiger partial charge on any atom is -0.351 e. The number of carbonyl (C=O) groups excluding carboxylic acids is 2. The van der Waals surface area contributed by atoms with E-state index in [2.05, 4.69) is 10.3 Å². The highest BCUT2D eigenvalue weighted by molar-refractivity contribution is 7.13. The predicted molar refractivity (Wildman–Crippen MR) is 97.5 cm³/mol. The van der Waals surface area contributed by atoms with Gasteiger partial charge in [-0.05, 0) is 23.6 Å². The van der Waals surface area contributed by atoms with E-state index in [-0.39, 0.29) is 11.9 Å². The molecule has 0 bridgehead atoms. The average molecular weight is 352 g/mol. The van der Waals surface area contributed by atoms with Gasteiger partial charge in [-0.3, -0.25) is 4.79 Å². The summed E-state index contributed by atoms with van der Waals surface area (Å²) in [4.78, 5) is 31.0. The highest BCUT2D eigenvalue weighted by Crippen LogP contribution is 2.28. The molecule has 0 radical (unpaired) electrons. The first-order valence-corrected chi connectivity index (χ1v) is 8.78. The van der Waals surface area contributed by atoms with Gasteiger partial charge in [-0.2, -0.15) is 0 Å². The number of pyridine rings is 1. The summed E-state index contributed by atoms with van der Waals surface area (Å²) in [6, 6.07) is 12.8. The molecule has 0 spiro atoms. The van der Waals surface area contributed by atoms with Crippen molar-refractivity contribution in [3.05, 3.63) is 53.4 Å². The molecule has 1 fully saturated rings. The van der Waals surface area contributed by atoms with E-state index in [1.807, 2.05) is 47.8 Å². The number of carbonyl (C=O) groups is 2. The molecule has 3 heterocycles. The van der Waals surface area contributed by atoms with Crippen molar-refractivity contribution < 1.29 is 9.59 Å². The molecule has 0 atom stereocenters. The first kappa shape index (κ1) is 15.6. The van der Waals surface area contributed by atoms with Gasteiger partial charge in [0.1, 0.15) is 0 Å². The fourth-order valence-corrected chi connectivity index (χ4v) is 3.61. The smallest absolute Gasteiger partial charge is 0.314 e. The lowest BCUT2D eigenvalue weighted by Gasteiger charge is -2.38. The zero-order valence-electron chi connectivity index (χ0n) is 13.3. The van der Waals surface area contributed by atoms with Crippen LogP contribution in [0.3, 0.4) is 0 Å². The molecule has 6 nitrogen and oxygen atoms in total. The number of benzene rings is 1. The maximum Gasteiger partial charge on any atom is 0.314 e. The molecule has 3 aromatic rings. The van der Waals surface area contributed by atoms with E-state index in [1.54, 1.807) is 11.3 Å². The first-order valence-electron chi connectivity index (χ1n) is 7.91. The number of urea groups is 1. The number of likely N-dealkylation sites (tertiary alicyclic amines) is 1. The lowest BCUT2D eigenvalue weighted by Crippen LogP contribution is -2.62. The molecule has 25 heavy (non-hydrogen) atoms. The monoisotopic (exact) mass is 352 g/mol. The summed E-state index contributed by atoms with van der Waals surface area (Å²) in [7, 11) is 0. The Morgan fingerprint density at radius 3 is 2.72 bits per heavy atom. The number of hydrogen-bond acceptors (Lipinski definition) is 4. The number of primary amides is 1. The number of rotatable bonds is 3. The zero-order valence-corrected chi connectivity index (χ0v) is 14.1. The zero-order chi connectivity index (χ0) is 17.4. The fourth-order valence-electron chi connectivity index (χ4n) is 2.93. The van der Waals surface area contributed by atoms with Crippen LogP contribution in [0.5, 0.6) is 0 Å². The largest absolute Gasteiger partial charge is 0.351 e. The third-order valence-corrected chi connectivity index (χ3v) is 5.16. The Kier molecular flexibility index (Phi) is 3.85. The number of fused-ring (bicyclic) bond motifs is 1. The van der Waals surface area contributed by atoms with Crippen LogP contribution >= 0.6 is 11.3 Å². The third-order valence-electron chi connectivity index (χ3n) is 4.26. The molecular weight excluding hydrogens is 336 g/mol. The molecule has 1 saturated heterocycles. The molecule has 7 heteroatoms. The summed E-state index contributed by atoms with van der Waals surface area (Å²) in [6.45, 7) is 0.893. The average Bonchev–Trinajstić information content (AvgIpc) is 3.10. The van der Waals surface area contributed by atoms with E-state index in [1.165, 1.54) is 4.90 Å². The Morgan fingerprint density at radius 1 is 1.20 bits per heavy atom. The van der Waals surface area contributed by atoms with Crippen LogP contribution in [0.25, 0.3) is 21.5 Å². The number of para-hydroxylation sites is 1. The van der Waals surface area contributed by atoms with Crippen LogP contribution in [0, 0.1) is 0 Å². The van der Waals surface area contributed by atoms with Gasteiger partial charge in [0.15, 0.2) is 0 Å². The van der Waals surface area contributed by atoms with Crippen molar-refractivity contribution in [2.24, 2.45) is 5.73 Å². The van der Waals surface area contributed by atoms with Crippen LogP contribution in [0.4, 0.5) is 4.79 Å². The van der Waals surface area contributed by atoms with Gasteiger partial charge in [0.05, 0.1) is 27.7 Å². The predicted octanol–water partition coefficient (Wildman–Crippen LogP) is 2.46. The second-order valence-electron chi connectivity index (χ2n) is 5.96. The van der Waals surface area contributed by atoms with Crippen molar-refractivity contribution >= 4 is 34.2 Å². The topological polar surface area (TPSA) is 88.3 Å². The third kappa shape index (κ3) is 2.94. The summed E-state index contributed by atoms with van der Waals surface area (Å²) < 4.78 is 0. The van der Waals surface area contributed by atoms with Crippen molar-refractivity contribution in [1.29, 1.82) is 0 Å². The second-order valence-corrected chi connectivity index (χ2v) is 6.91. The van der Waals surface area contributed by atoms with E-state index in [9.17, 15) is 9.59 Å². The molecule has 1 aliphatic heterocycles. The fraction of sp³-hybridized carbons (Fsp3) is 0.167. The molecule has 1 aliphatic rings. The van der Waals surface area contributed by atoms with Crippen LogP contribution in [0.2, 0.25) is 0 Å². The highest BCUT2D eigenvalue weighted by atomic mass is 32.1. The second kappa shape index (κ2) is 6.18. The summed E-state index contributed by atoms with van der Waals surface area (Å²) in [5.74, 6) is -0.162. The molecule has 1 aromatic carbocycles. The number of thiophene rings is 1. The lowest BCUT2D eigenvalue weighted by atomic mass is 10.0. The van der Waals surface area contributed by atoms with Gasteiger partial charge in [-0.1, -0.05) is 24.3 Å². The van der Waals surface area contributed by atoms with Crippen molar-refractivity contribution in [2.45, 2.75) is 6.04 Å². The summed E-state index contributed by atoms with van der Waals surface area (Å²) in [6.07, 6.45) is 0. The normalized spacial score (nSPS) is 14.3.